The highest BCUT2D eigenvalue weighted by Gasteiger charge is 2.35. The van der Waals surface area contributed by atoms with Gasteiger partial charge in [-0.15, -0.1) is 0 Å². The second-order valence-electron chi connectivity index (χ2n) is 5.66. The number of aromatic nitrogens is 4. The predicted molar refractivity (Wildman–Crippen MR) is 88.4 cm³/mol. The Morgan fingerprint density at radius 2 is 1.76 bits per heavy atom. The minimum Gasteiger partial charge on any atom is -0.347 e. The van der Waals surface area contributed by atoms with Crippen LogP contribution in [0.25, 0.3) is 11.6 Å². The van der Waals surface area contributed by atoms with Gasteiger partial charge in [-0.2, -0.15) is 13.2 Å². The van der Waals surface area contributed by atoms with Crippen LogP contribution in [0.3, 0.4) is 0 Å². The van der Waals surface area contributed by atoms with Gasteiger partial charge in [0.25, 0.3) is 11.5 Å². The molecule has 1 amide bonds. The summed E-state index contributed by atoms with van der Waals surface area (Å²) in [7, 11) is 0. The molecule has 12 heteroatoms. The lowest BCUT2D eigenvalue weighted by atomic mass is 10.1. The van der Waals surface area contributed by atoms with Gasteiger partial charge in [-0.1, -0.05) is 0 Å². The lowest BCUT2D eigenvalue weighted by molar-refractivity contribution is -0.140. The average molecular weight is 411 g/mol. The van der Waals surface area contributed by atoms with Crippen molar-refractivity contribution in [2.75, 3.05) is 0 Å². The molecule has 7 nitrogen and oxygen atoms in total. The molecule has 1 aromatic carbocycles. The van der Waals surface area contributed by atoms with E-state index in [1.807, 2.05) is 0 Å². The number of rotatable bonds is 4. The number of carbonyl (C=O) groups excluding carboxylic acids is 1. The molecular formula is C17H10F5N5O2. The van der Waals surface area contributed by atoms with Crippen molar-refractivity contribution >= 4 is 5.91 Å². The number of hydrogen-bond acceptors (Lipinski definition) is 5. The molecule has 2 aromatic heterocycles. The molecule has 3 rings (SSSR count). The highest BCUT2D eigenvalue weighted by molar-refractivity contribution is 5.92. The van der Waals surface area contributed by atoms with Gasteiger partial charge < -0.3 is 10.3 Å². The van der Waals surface area contributed by atoms with Crippen LogP contribution in [-0.2, 0) is 12.7 Å². The second kappa shape index (κ2) is 7.73. The first-order chi connectivity index (χ1) is 13.6. The van der Waals surface area contributed by atoms with Crippen LogP contribution in [0.1, 0.15) is 21.6 Å². The molecule has 0 bridgehead atoms. The van der Waals surface area contributed by atoms with E-state index in [0.29, 0.717) is 6.07 Å². The molecule has 0 saturated heterocycles. The number of hydrogen-bond donors (Lipinski definition) is 2. The van der Waals surface area contributed by atoms with Crippen molar-refractivity contribution in [2.24, 2.45) is 0 Å². The van der Waals surface area contributed by atoms with Crippen molar-refractivity contribution in [1.29, 1.82) is 0 Å². The normalized spacial score (nSPS) is 11.3. The van der Waals surface area contributed by atoms with E-state index < -0.39 is 46.9 Å². The second-order valence-corrected chi connectivity index (χ2v) is 5.66. The minimum absolute atomic E-state index is 0.00709. The number of nitrogens with one attached hydrogen (secondary N) is 2. The molecule has 0 fully saturated rings. The lowest BCUT2D eigenvalue weighted by Gasteiger charge is -2.11. The van der Waals surface area contributed by atoms with Gasteiger partial charge in [0.1, 0.15) is 17.3 Å². The van der Waals surface area contributed by atoms with Gasteiger partial charge in [-0.05, 0) is 18.2 Å². The van der Waals surface area contributed by atoms with Gasteiger partial charge in [-0.25, -0.2) is 23.7 Å². The summed E-state index contributed by atoms with van der Waals surface area (Å²) in [5.74, 6) is -4.03. The summed E-state index contributed by atoms with van der Waals surface area (Å²) >= 11 is 0. The lowest BCUT2D eigenvalue weighted by Crippen LogP contribution is -2.27. The standard InChI is InChI=1S/C17H10F5N5O2/c18-10-5-9(17(20,21)22)11(19)4-8(10)7-25-16(29)12-6-13(28)27-15(26-12)14-23-2-1-3-24-14/h1-6H,7H2,(H,25,29)(H,26,27,28). The third-order valence-corrected chi connectivity index (χ3v) is 3.63. The molecule has 2 heterocycles. The van der Waals surface area contributed by atoms with Crippen molar-refractivity contribution in [3.05, 3.63) is 75.5 Å². The van der Waals surface area contributed by atoms with Gasteiger partial charge in [0, 0.05) is 30.6 Å². The number of H-pyrrole nitrogens is 1. The average Bonchev–Trinajstić information content (AvgIpc) is 2.67. The summed E-state index contributed by atoms with van der Waals surface area (Å²) in [4.78, 5) is 37.9. The van der Waals surface area contributed by atoms with E-state index in [-0.39, 0.29) is 23.4 Å². The van der Waals surface area contributed by atoms with Crippen LogP contribution >= 0.6 is 0 Å². The maximum absolute atomic E-state index is 13.9. The van der Waals surface area contributed by atoms with E-state index in [1.54, 1.807) is 0 Å². The van der Waals surface area contributed by atoms with Crippen molar-refractivity contribution in [1.82, 2.24) is 25.3 Å². The molecule has 0 radical (unpaired) electrons. The Morgan fingerprint density at radius 3 is 2.41 bits per heavy atom. The van der Waals surface area contributed by atoms with Gasteiger partial charge in [0.2, 0.25) is 0 Å². The molecule has 150 valence electrons. The largest absolute Gasteiger partial charge is 0.419 e. The third-order valence-electron chi connectivity index (χ3n) is 3.63. The zero-order valence-corrected chi connectivity index (χ0v) is 14.2. The van der Waals surface area contributed by atoms with Crippen LogP contribution in [0.2, 0.25) is 0 Å². The molecular weight excluding hydrogens is 401 g/mol. The molecule has 0 aliphatic heterocycles. The molecule has 0 unspecified atom stereocenters. The van der Waals surface area contributed by atoms with Crippen LogP contribution in [0.4, 0.5) is 22.0 Å². The molecule has 0 atom stereocenters. The van der Waals surface area contributed by atoms with Crippen molar-refractivity contribution in [3.63, 3.8) is 0 Å². The summed E-state index contributed by atoms with van der Waals surface area (Å²) in [5, 5.41) is 2.16. The van der Waals surface area contributed by atoms with E-state index in [0.717, 1.165) is 6.07 Å². The molecule has 2 N–H and O–H groups in total. The van der Waals surface area contributed by atoms with Gasteiger partial charge in [0.05, 0.1) is 5.56 Å². The first-order valence-electron chi connectivity index (χ1n) is 7.87. The third kappa shape index (κ3) is 4.59. The Morgan fingerprint density at radius 1 is 1.07 bits per heavy atom. The van der Waals surface area contributed by atoms with Crippen LogP contribution in [0.5, 0.6) is 0 Å². The molecule has 3 aromatic rings. The fourth-order valence-electron chi connectivity index (χ4n) is 2.31. The number of carbonyl (C=O) groups is 1. The molecule has 0 aliphatic carbocycles. The Kier molecular flexibility index (Phi) is 5.35. The maximum Gasteiger partial charge on any atom is 0.419 e. The number of halogens is 5. The Balaban J connectivity index is 1.81. The summed E-state index contributed by atoms with van der Waals surface area (Å²) in [6, 6.07) is 2.72. The van der Waals surface area contributed by atoms with Crippen LogP contribution in [-0.4, -0.2) is 25.8 Å². The number of amides is 1. The smallest absolute Gasteiger partial charge is 0.347 e. The fraction of sp³-hybridized carbons (Fsp3) is 0.118. The highest BCUT2D eigenvalue weighted by atomic mass is 19.4. The highest BCUT2D eigenvalue weighted by Crippen LogP contribution is 2.32. The number of alkyl halides is 3. The zero-order valence-electron chi connectivity index (χ0n) is 14.2. The van der Waals surface area contributed by atoms with E-state index >= 15 is 0 Å². The van der Waals surface area contributed by atoms with Crippen molar-refractivity contribution in [3.8, 4) is 11.6 Å². The van der Waals surface area contributed by atoms with Gasteiger partial charge in [0.15, 0.2) is 11.6 Å². The summed E-state index contributed by atoms with van der Waals surface area (Å²) < 4.78 is 65.2. The molecule has 0 aliphatic rings. The summed E-state index contributed by atoms with van der Waals surface area (Å²) in [6.45, 7) is -0.634. The fourth-order valence-corrected chi connectivity index (χ4v) is 2.31. The van der Waals surface area contributed by atoms with Crippen LogP contribution in [0, 0.1) is 11.6 Å². The molecule has 29 heavy (non-hydrogen) atoms. The van der Waals surface area contributed by atoms with Crippen LogP contribution < -0.4 is 10.9 Å². The van der Waals surface area contributed by atoms with E-state index in [4.69, 9.17) is 0 Å². The number of benzene rings is 1. The van der Waals surface area contributed by atoms with E-state index in [1.165, 1.54) is 18.5 Å². The van der Waals surface area contributed by atoms with Crippen LogP contribution in [0.15, 0.2) is 41.5 Å². The van der Waals surface area contributed by atoms with E-state index in [2.05, 4.69) is 25.3 Å². The van der Waals surface area contributed by atoms with Crippen molar-refractivity contribution in [2.45, 2.75) is 12.7 Å². The zero-order chi connectivity index (χ0) is 21.2. The number of nitrogens with zero attached hydrogens (tertiary/aromatic N) is 3. The molecule has 0 saturated carbocycles. The maximum atomic E-state index is 13.9. The summed E-state index contributed by atoms with van der Waals surface area (Å²) in [5.41, 5.74) is -3.34. The number of aromatic amines is 1. The predicted octanol–water partition coefficient (Wildman–Crippen LogP) is 2.45. The first-order valence-corrected chi connectivity index (χ1v) is 7.87. The minimum atomic E-state index is -5.06. The van der Waals surface area contributed by atoms with E-state index in [9.17, 15) is 31.5 Å². The Labute approximate surface area is 158 Å². The SMILES string of the molecule is O=C(NCc1cc(F)c(C(F)(F)F)cc1F)c1cc(=O)[nH]c(-c2ncccn2)n1. The Hall–Kier alpha value is -3.70. The Bertz CT molecular complexity index is 1120. The quantitative estimate of drug-likeness (QED) is 0.643. The van der Waals surface area contributed by atoms with Gasteiger partial charge >= 0.3 is 6.18 Å². The van der Waals surface area contributed by atoms with Gasteiger partial charge in [-0.3, -0.25) is 9.59 Å². The monoisotopic (exact) mass is 411 g/mol. The first kappa shape index (κ1) is 20.0. The molecule has 0 spiro atoms. The van der Waals surface area contributed by atoms with Crippen molar-refractivity contribution < 1.29 is 26.7 Å². The summed E-state index contributed by atoms with van der Waals surface area (Å²) in [6.07, 6.45) is -2.29. The topological polar surface area (TPSA) is 101 Å².